The second-order valence-corrected chi connectivity index (χ2v) is 5.33. The minimum atomic E-state index is 0.196. The maximum atomic E-state index is 6.19. The Balaban J connectivity index is 1.77. The Morgan fingerprint density at radius 1 is 1.25 bits per heavy atom. The number of thioether (sulfide) groups is 1. The first-order chi connectivity index (χ1) is 5.79. The van der Waals surface area contributed by atoms with Crippen LogP contribution in [0.25, 0.3) is 0 Å². The topological polar surface area (TPSA) is 29.3 Å². The molecule has 70 valence electrons. The van der Waals surface area contributed by atoms with E-state index in [0.717, 1.165) is 6.54 Å². The molecule has 1 saturated carbocycles. The van der Waals surface area contributed by atoms with Gasteiger partial charge < -0.3 is 5.73 Å². The molecule has 0 amide bonds. The third kappa shape index (κ3) is 1.95. The Kier molecular flexibility index (Phi) is 2.63. The molecule has 3 heteroatoms. The molecule has 0 spiro atoms. The van der Waals surface area contributed by atoms with Crippen molar-refractivity contribution in [2.45, 2.75) is 24.8 Å². The lowest BCUT2D eigenvalue weighted by Crippen LogP contribution is -2.56. The van der Waals surface area contributed by atoms with E-state index in [1.165, 1.54) is 43.9 Å². The van der Waals surface area contributed by atoms with Crippen LogP contribution in [0.5, 0.6) is 0 Å². The summed E-state index contributed by atoms with van der Waals surface area (Å²) in [4.78, 5) is 2.54. The number of hydrogen-bond donors (Lipinski definition) is 1. The predicted octanol–water partition coefficient (Wildman–Crippen LogP) is 0.917. The van der Waals surface area contributed by atoms with Gasteiger partial charge in [-0.05, 0) is 19.3 Å². The molecule has 0 aromatic carbocycles. The summed E-state index contributed by atoms with van der Waals surface area (Å²) in [6.07, 6.45) is 3.84. The van der Waals surface area contributed by atoms with E-state index in [1.54, 1.807) is 0 Å². The molecule has 1 aliphatic carbocycles. The summed E-state index contributed by atoms with van der Waals surface area (Å²) in [5.41, 5.74) is 6.38. The molecule has 2 aliphatic rings. The van der Waals surface area contributed by atoms with E-state index in [9.17, 15) is 0 Å². The lowest BCUT2D eigenvalue weighted by Gasteiger charge is -2.42. The van der Waals surface area contributed by atoms with Crippen molar-refractivity contribution < 1.29 is 0 Å². The second kappa shape index (κ2) is 3.56. The van der Waals surface area contributed by atoms with E-state index in [4.69, 9.17) is 5.73 Å². The van der Waals surface area contributed by atoms with Gasteiger partial charge in [-0.25, -0.2) is 0 Å². The maximum Gasteiger partial charge on any atom is 0.0283 e. The average molecular weight is 186 g/mol. The molecule has 1 aliphatic heterocycles. The van der Waals surface area contributed by atoms with Gasteiger partial charge in [0.15, 0.2) is 0 Å². The Hall–Kier alpha value is 0.270. The van der Waals surface area contributed by atoms with Crippen molar-refractivity contribution >= 4 is 11.8 Å². The van der Waals surface area contributed by atoms with E-state index in [0.29, 0.717) is 0 Å². The molecule has 12 heavy (non-hydrogen) atoms. The van der Waals surface area contributed by atoms with Gasteiger partial charge in [0.05, 0.1) is 0 Å². The second-order valence-electron chi connectivity index (χ2n) is 4.10. The van der Waals surface area contributed by atoms with Crippen LogP contribution in [0.1, 0.15) is 19.3 Å². The quantitative estimate of drug-likeness (QED) is 0.695. The van der Waals surface area contributed by atoms with E-state index in [1.807, 2.05) is 0 Å². The maximum absolute atomic E-state index is 6.19. The van der Waals surface area contributed by atoms with Crippen molar-refractivity contribution in [2.75, 3.05) is 31.1 Å². The van der Waals surface area contributed by atoms with Crippen LogP contribution >= 0.6 is 11.8 Å². The zero-order valence-electron chi connectivity index (χ0n) is 7.59. The van der Waals surface area contributed by atoms with Gasteiger partial charge in [-0.15, -0.1) is 0 Å². The van der Waals surface area contributed by atoms with Crippen LogP contribution in [-0.2, 0) is 0 Å². The Morgan fingerprint density at radius 2 is 1.92 bits per heavy atom. The molecule has 0 atom stereocenters. The first-order valence-corrected chi connectivity index (χ1v) is 6.03. The Bertz CT molecular complexity index is 151. The molecular formula is C9H18N2S. The highest BCUT2D eigenvalue weighted by Crippen LogP contribution is 2.30. The minimum absolute atomic E-state index is 0.196. The fourth-order valence-electron chi connectivity index (χ4n) is 1.99. The largest absolute Gasteiger partial charge is 0.324 e. The smallest absolute Gasteiger partial charge is 0.0283 e. The van der Waals surface area contributed by atoms with Gasteiger partial charge in [-0.3, -0.25) is 4.90 Å². The fraction of sp³-hybridized carbons (Fsp3) is 1.00. The Labute approximate surface area is 78.9 Å². The highest BCUT2D eigenvalue weighted by Gasteiger charge is 2.34. The monoisotopic (exact) mass is 186 g/mol. The summed E-state index contributed by atoms with van der Waals surface area (Å²) in [7, 11) is 0. The van der Waals surface area contributed by atoms with E-state index in [2.05, 4.69) is 16.7 Å². The number of hydrogen-bond acceptors (Lipinski definition) is 3. The van der Waals surface area contributed by atoms with Crippen LogP contribution in [0.15, 0.2) is 0 Å². The zero-order chi connectivity index (χ0) is 8.44. The molecule has 0 unspecified atom stereocenters. The number of nitrogens with two attached hydrogens (primary N) is 1. The van der Waals surface area contributed by atoms with Crippen molar-refractivity contribution in [1.29, 1.82) is 0 Å². The number of rotatable bonds is 2. The van der Waals surface area contributed by atoms with Gasteiger partial charge in [0, 0.05) is 36.7 Å². The first kappa shape index (κ1) is 8.85. The SMILES string of the molecule is NC1(CN2CCSCC2)CCC1. The highest BCUT2D eigenvalue weighted by atomic mass is 32.2. The summed E-state index contributed by atoms with van der Waals surface area (Å²) in [6.45, 7) is 3.65. The molecule has 0 bridgehead atoms. The van der Waals surface area contributed by atoms with Gasteiger partial charge in [0.2, 0.25) is 0 Å². The lowest BCUT2D eigenvalue weighted by molar-refractivity contribution is 0.153. The van der Waals surface area contributed by atoms with Crippen LogP contribution in [0.2, 0.25) is 0 Å². The summed E-state index contributed by atoms with van der Waals surface area (Å²) in [5, 5.41) is 0. The van der Waals surface area contributed by atoms with Crippen LogP contribution < -0.4 is 5.73 Å². The molecule has 2 fully saturated rings. The van der Waals surface area contributed by atoms with Crippen LogP contribution in [0.4, 0.5) is 0 Å². The van der Waals surface area contributed by atoms with Crippen molar-refractivity contribution in [3.8, 4) is 0 Å². The average Bonchev–Trinajstić information content (AvgIpc) is 2.04. The van der Waals surface area contributed by atoms with Gasteiger partial charge in [0.25, 0.3) is 0 Å². The molecular weight excluding hydrogens is 168 g/mol. The van der Waals surface area contributed by atoms with Crippen molar-refractivity contribution in [2.24, 2.45) is 5.73 Å². The van der Waals surface area contributed by atoms with Gasteiger partial charge >= 0.3 is 0 Å². The molecule has 0 aromatic rings. The normalized spacial score (nSPS) is 29.8. The van der Waals surface area contributed by atoms with E-state index >= 15 is 0 Å². The molecule has 0 aromatic heterocycles. The van der Waals surface area contributed by atoms with Crippen molar-refractivity contribution in [1.82, 2.24) is 4.90 Å². The molecule has 1 saturated heterocycles. The molecule has 2 nitrogen and oxygen atoms in total. The molecule has 2 N–H and O–H groups in total. The zero-order valence-corrected chi connectivity index (χ0v) is 8.41. The van der Waals surface area contributed by atoms with Crippen LogP contribution in [0.3, 0.4) is 0 Å². The van der Waals surface area contributed by atoms with Crippen LogP contribution in [0, 0.1) is 0 Å². The third-order valence-electron chi connectivity index (χ3n) is 2.99. The lowest BCUT2D eigenvalue weighted by atomic mass is 9.77. The highest BCUT2D eigenvalue weighted by molar-refractivity contribution is 7.99. The van der Waals surface area contributed by atoms with Crippen molar-refractivity contribution in [3.63, 3.8) is 0 Å². The van der Waals surface area contributed by atoms with E-state index < -0.39 is 0 Å². The van der Waals surface area contributed by atoms with Gasteiger partial charge in [-0.2, -0.15) is 11.8 Å². The molecule has 0 radical (unpaired) electrons. The molecule has 1 heterocycles. The van der Waals surface area contributed by atoms with E-state index in [-0.39, 0.29) is 5.54 Å². The third-order valence-corrected chi connectivity index (χ3v) is 3.93. The first-order valence-electron chi connectivity index (χ1n) is 4.88. The Morgan fingerprint density at radius 3 is 2.42 bits per heavy atom. The summed E-state index contributed by atoms with van der Waals surface area (Å²) >= 11 is 2.07. The summed E-state index contributed by atoms with van der Waals surface area (Å²) < 4.78 is 0. The van der Waals surface area contributed by atoms with Crippen molar-refractivity contribution in [3.05, 3.63) is 0 Å². The minimum Gasteiger partial charge on any atom is -0.324 e. The van der Waals surface area contributed by atoms with Gasteiger partial charge in [0.1, 0.15) is 0 Å². The standard InChI is InChI=1S/C9H18N2S/c10-9(2-1-3-9)8-11-4-6-12-7-5-11/h1-8,10H2. The van der Waals surface area contributed by atoms with Crippen LogP contribution in [-0.4, -0.2) is 41.6 Å². The fourth-order valence-corrected chi connectivity index (χ4v) is 2.97. The predicted molar refractivity (Wildman–Crippen MR) is 54.5 cm³/mol. The molecule has 2 rings (SSSR count). The number of nitrogens with zero attached hydrogens (tertiary/aromatic N) is 1. The van der Waals surface area contributed by atoms with Gasteiger partial charge in [-0.1, -0.05) is 0 Å². The summed E-state index contributed by atoms with van der Waals surface area (Å²) in [6, 6.07) is 0. The summed E-state index contributed by atoms with van der Waals surface area (Å²) in [5.74, 6) is 2.60.